The number of morpholine rings is 1. The van der Waals surface area contributed by atoms with E-state index in [1.165, 1.54) is 4.90 Å². The molecule has 2 N–H and O–H groups in total. The van der Waals surface area contributed by atoms with Gasteiger partial charge in [0.1, 0.15) is 24.6 Å². The molecule has 1 aliphatic rings. The average Bonchev–Trinajstić information content (AvgIpc) is 3.00. The number of rotatable bonds is 10. The Morgan fingerprint density at radius 1 is 1.22 bits per heavy atom. The van der Waals surface area contributed by atoms with Crippen molar-refractivity contribution in [1.29, 1.82) is 0 Å². The molecule has 2 rings (SSSR count). The van der Waals surface area contributed by atoms with E-state index in [2.05, 4.69) is 12.2 Å². The van der Waals surface area contributed by atoms with Gasteiger partial charge in [0.05, 0.1) is 31.9 Å². The van der Waals surface area contributed by atoms with Gasteiger partial charge in [-0.2, -0.15) is 0 Å². The fraction of sp³-hybridized carbons (Fsp3) is 0.700. The molecule has 1 aliphatic heterocycles. The van der Waals surface area contributed by atoms with Gasteiger partial charge in [-0.25, -0.2) is 0 Å². The number of quaternary nitrogens is 1. The van der Waals surface area contributed by atoms with E-state index in [1.807, 2.05) is 6.92 Å². The first-order valence-electron chi connectivity index (χ1n) is 10.1. The van der Waals surface area contributed by atoms with Gasteiger partial charge in [-0.15, -0.1) is 0 Å². The van der Waals surface area contributed by atoms with Crippen LogP contribution in [0, 0.1) is 13.8 Å². The molecule has 152 valence electrons. The summed E-state index contributed by atoms with van der Waals surface area (Å²) in [5.74, 6) is 1.31. The molecule has 27 heavy (non-hydrogen) atoms. The van der Waals surface area contributed by atoms with Crippen LogP contribution in [0.5, 0.6) is 0 Å². The summed E-state index contributed by atoms with van der Waals surface area (Å²) in [4.78, 5) is 28.3. The lowest BCUT2D eigenvalue weighted by atomic mass is 10.2. The second kappa shape index (κ2) is 11.1. The van der Waals surface area contributed by atoms with Gasteiger partial charge in [0.15, 0.2) is 0 Å². The van der Waals surface area contributed by atoms with Crippen LogP contribution in [0.1, 0.15) is 48.1 Å². The average molecular weight is 381 g/mol. The molecule has 0 unspecified atom stereocenters. The zero-order chi connectivity index (χ0) is 19.6. The zero-order valence-corrected chi connectivity index (χ0v) is 16.9. The summed E-state index contributed by atoms with van der Waals surface area (Å²) in [5.41, 5.74) is 0.597. The van der Waals surface area contributed by atoms with Crippen molar-refractivity contribution < 1.29 is 23.6 Å². The highest BCUT2D eigenvalue weighted by Gasteiger charge is 2.21. The molecule has 0 saturated carbocycles. The van der Waals surface area contributed by atoms with Crippen molar-refractivity contribution in [2.24, 2.45) is 0 Å². The summed E-state index contributed by atoms with van der Waals surface area (Å²) in [5, 5.41) is 2.98. The van der Waals surface area contributed by atoms with Crippen molar-refractivity contribution in [2.45, 2.75) is 40.0 Å². The van der Waals surface area contributed by atoms with E-state index in [0.717, 1.165) is 51.4 Å². The second-order valence-electron chi connectivity index (χ2n) is 7.18. The van der Waals surface area contributed by atoms with Crippen LogP contribution in [0.3, 0.4) is 0 Å². The standard InChI is InChI=1S/C20H33N3O4/c1-4-5-8-23(20(25)18-15-16(2)27-17(18)3)9-6-19(24)21-7-10-22-11-13-26-14-12-22/h15H,4-14H2,1-3H3,(H,21,24)/p+1. The molecule has 0 aliphatic carbocycles. The number of carbonyl (C=O) groups excluding carboxylic acids is 2. The molecule has 7 heteroatoms. The zero-order valence-electron chi connectivity index (χ0n) is 16.9. The summed E-state index contributed by atoms with van der Waals surface area (Å²) in [7, 11) is 0. The minimum atomic E-state index is -0.0524. The summed E-state index contributed by atoms with van der Waals surface area (Å²) < 4.78 is 10.8. The Hall–Kier alpha value is -1.86. The van der Waals surface area contributed by atoms with Crippen molar-refractivity contribution >= 4 is 11.8 Å². The predicted molar refractivity (Wildman–Crippen MR) is 103 cm³/mol. The number of hydrogen-bond donors (Lipinski definition) is 2. The number of ether oxygens (including phenoxy) is 1. The van der Waals surface area contributed by atoms with Crippen LogP contribution in [0.4, 0.5) is 0 Å². The molecule has 0 spiro atoms. The Morgan fingerprint density at radius 2 is 1.96 bits per heavy atom. The van der Waals surface area contributed by atoms with Crippen LogP contribution >= 0.6 is 0 Å². The summed E-state index contributed by atoms with van der Waals surface area (Å²) in [6.45, 7) is 12.0. The number of unbranched alkanes of at least 4 members (excludes halogenated alkanes) is 1. The maximum absolute atomic E-state index is 12.8. The monoisotopic (exact) mass is 380 g/mol. The highest BCUT2D eigenvalue weighted by molar-refractivity contribution is 5.95. The van der Waals surface area contributed by atoms with Gasteiger partial charge in [0.2, 0.25) is 5.91 Å². The third kappa shape index (κ3) is 6.99. The number of amides is 2. The van der Waals surface area contributed by atoms with E-state index in [4.69, 9.17) is 9.15 Å². The lowest BCUT2D eigenvalue weighted by Gasteiger charge is -2.24. The molecule has 0 radical (unpaired) electrons. The summed E-state index contributed by atoms with van der Waals surface area (Å²) >= 11 is 0. The van der Waals surface area contributed by atoms with Gasteiger partial charge in [-0.05, 0) is 26.3 Å². The first kappa shape index (κ1) is 21.4. The minimum absolute atomic E-state index is 0.00273. The smallest absolute Gasteiger partial charge is 0.257 e. The Bertz CT molecular complexity index is 608. The topological polar surface area (TPSA) is 76.2 Å². The molecule has 0 bridgehead atoms. The quantitative estimate of drug-likeness (QED) is 0.622. The van der Waals surface area contributed by atoms with Gasteiger partial charge in [0.25, 0.3) is 5.91 Å². The molecule has 1 aromatic rings. The molecule has 2 heterocycles. The highest BCUT2D eigenvalue weighted by atomic mass is 16.5. The van der Waals surface area contributed by atoms with E-state index < -0.39 is 0 Å². The molecular formula is C20H34N3O4+. The van der Waals surface area contributed by atoms with Crippen LogP contribution < -0.4 is 10.2 Å². The van der Waals surface area contributed by atoms with Crippen molar-refractivity contribution in [3.05, 3.63) is 23.2 Å². The fourth-order valence-corrected chi connectivity index (χ4v) is 3.29. The molecule has 7 nitrogen and oxygen atoms in total. The van der Waals surface area contributed by atoms with Gasteiger partial charge in [0, 0.05) is 19.5 Å². The normalized spacial score (nSPS) is 14.9. The lowest BCUT2D eigenvalue weighted by molar-refractivity contribution is -0.906. The van der Waals surface area contributed by atoms with Gasteiger partial charge < -0.3 is 24.3 Å². The number of aryl methyl sites for hydroxylation is 2. The molecule has 1 aromatic heterocycles. The van der Waals surface area contributed by atoms with E-state index in [0.29, 0.717) is 37.4 Å². The number of nitrogens with zero attached hydrogens (tertiary/aromatic N) is 1. The molecule has 1 fully saturated rings. The van der Waals surface area contributed by atoms with Gasteiger partial charge >= 0.3 is 0 Å². The largest absolute Gasteiger partial charge is 0.466 e. The minimum Gasteiger partial charge on any atom is -0.466 e. The second-order valence-corrected chi connectivity index (χ2v) is 7.18. The first-order valence-corrected chi connectivity index (χ1v) is 10.1. The molecule has 1 saturated heterocycles. The number of hydrogen-bond acceptors (Lipinski definition) is 4. The maximum Gasteiger partial charge on any atom is 0.257 e. The van der Waals surface area contributed by atoms with Gasteiger partial charge in [-0.3, -0.25) is 9.59 Å². The predicted octanol–water partition coefficient (Wildman–Crippen LogP) is 0.560. The van der Waals surface area contributed by atoms with Crippen molar-refractivity contribution in [2.75, 3.05) is 52.5 Å². The SMILES string of the molecule is CCCCN(CCC(=O)NCC[NH+]1CCOCC1)C(=O)c1cc(C)oc1C. The Balaban J connectivity index is 1.79. The van der Waals surface area contributed by atoms with Crippen LogP contribution in [-0.2, 0) is 9.53 Å². The number of nitrogens with one attached hydrogen (secondary N) is 2. The molecular weight excluding hydrogens is 346 g/mol. The Morgan fingerprint density at radius 3 is 2.59 bits per heavy atom. The molecule has 0 atom stereocenters. The summed E-state index contributed by atoms with van der Waals surface area (Å²) in [6, 6.07) is 1.78. The van der Waals surface area contributed by atoms with Crippen LogP contribution in [0.25, 0.3) is 0 Å². The third-order valence-corrected chi connectivity index (χ3v) is 4.95. The summed E-state index contributed by atoms with van der Waals surface area (Å²) in [6.07, 6.45) is 2.25. The lowest BCUT2D eigenvalue weighted by Crippen LogP contribution is -3.14. The van der Waals surface area contributed by atoms with E-state index in [9.17, 15) is 9.59 Å². The Kier molecular flexibility index (Phi) is 8.81. The molecule has 0 aromatic carbocycles. The Labute approximate surface area is 162 Å². The first-order chi connectivity index (χ1) is 13.0. The molecule has 2 amide bonds. The van der Waals surface area contributed by atoms with Crippen LogP contribution in [0.15, 0.2) is 10.5 Å². The van der Waals surface area contributed by atoms with Crippen molar-refractivity contribution in [3.63, 3.8) is 0 Å². The fourth-order valence-electron chi connectivity index (χ4n) is 3.29. The van der Waals surface area contributed by atoms with Gasteiger partial charge in [-0.1, -0.05) is 13.3 Å². The van der Waals surface area contributed by atoms with E-state index in [1.54, 1.807) is 17.9 Å². The van der Waals surface area contributed by atoms with Crippen LogP contribution in [0.2, 0.25) is 0 Å². The van der Waals surface area contributed by atoms with Crippen LogP contribution in [-0.4, -0.2) is 69.2 Å². The highest BCUT2D eigenvalue weighted by Crippen LogP contribution is 2.16. The van der Waals surface area contributed by atoms with Crippen molar-refractivity contribution in [1.82, 2.24) is 10.2 Å². The number of carbonyl (C=O) groups is 2. The van der Waals surface area contributed by atoms with Crippen molar-refractivity contribution in [3.8, 4) is 0 Å². The van der Waals surface area contributed by atoms with E-state index in [-0.39, 0.29) is 11.8 Å². The maximum atomic E-state index is 12.8. The number of furan rings is 1. The third-order valence-electron chi connectivity index (χ3n) is 4.95. The van der Waals surface area contributed by atoms with E-state index >= 15 is 0 Å².